The Labute approximate surface area is 187 Å². The van der Waals surface area contributed by atoms with Crippen LogP contribution in [-0.4, -0.2) is 49.5 Å². The van der Waals surface area contributed by atoms with Gasteiger partial charge in [0.2, 0.25) is 0 Å². The van der Waals surface area contributed by atoms with Crippen LogP contribution in [0.3, 0.4) is 0 Å². The molecule has 2 aliphatic heterocycles. The van der Waals surface area contributed by atoms with Crippen LogP contribution >= 0.6 is 17.2 Å². The summed E-state index contributed by atoms with van der Waals surface area (Å²) in [5.41, 5.74) is 3.15. The minimum atomic E-state index is -0.411. The van der Waals surface area contributed by atoms with E-state index in [-0.39, 0.29) is 55.2 Å². The maximum Gasteiger partial charge on any atom is 0.323 e. The first-order valence-electron chi connectivity index (χ1n) is 9.76. The van der Waals surface area contributed by atoms with Gasteiger partial charge in [0.05, 0.1) is 0 Å². The standard InChI is InChI=1S/C22H20O8P2/c1-31-21(25)29-9-15(23)11-3-13-7-28-18-6-12(16(24)10-30-22(26)32-2)4-14-8-27-17(5-11)19(13)20(14)18/h3-6,31-32H,7-10H2,1-2H3. The van der Waals surface area contributed by atoms with Gasteiger partial charge in [0.1, 0.15) is 24.7 Å². The number of ketones is 2. The van der Waals surface area contributed by atoms with E-state index in [1.165, 1.54) is 0 Å². The molecule has 0 fully saturated rings. The fourth-order valence-electron chi connectivity index (χ4n) is 3.58. The third kappa shape index (κ3) is 4.38. The SMILES string of the molecule is CPC(=O)OCC(=O)c1cc2c3c(c1)OCc1cc(C(=O)COC(=O)PC)cc(c1-3)OC2. The lowest BCUT2D eigenvalue weighted by atomic mass is 9.87. The molecule has 0 spiro atoms. The molecule has 8 nitrogen and oxygen atoms in total. The van der Waals surface area contributed by atoms with E-state index in [9.17, 15) is 19.2 Å². The number of carbonyl (C=O) groups excluding carboxylic acids is 4. The Kier molecular flexibility index (Phi) is 6.54. The van der Waals surface area contributed by atoms with Gasteiger partial charge in [0.25, 0.3) is 0 Å². The van der Waals surface area contributed by atoms with E-state index in [1.807, 2.05) is 0 Å². The first-order chi connectivity index (χ1) is 15.4. The highest BCUT2D eigenvalue weighted by Crippen LogP contribution is 2.49. The molecule has 2 aromatic carbocycles. The summed E-state index contributed by atoms with van der Waals surface area (Å²) < 4.78 is 21.7. The largest absolute Gasteiger partial charge is 0.488 e. The highest BCUT2D eigenvalue weighted by atomic mass is 31.1. The third-order valence-corrected chi connectivity index (χ3v) is 6.21. The summed E-state index contributed by atoms with van der Waals surface area (Å²) in [5, 5.41) is 0. The number of hydrogen-bond acceptors (Lipinski definition) is 8. The van der Waals surface area contributed by atoms with Crippen molar-refractivity contribution in [3.8, 4) is 22.6 Å². The molecule has 166 valence electrons. The lowest BCUT2D eigenvalue weighted by Crippen LogP contribution is -2.19. The molecule has 2 atom stereocenters. The molecule has 0 radical (unpaired) electrons. The molecule has 0 bridgehead atoms. The Hall–Kier alpha value is -2.82. The summed E-state index contributed by atoms with van der Waals surface area (Å²) >= 11 is 0. The van der Waals surface area contributed by atoms with E-state index in [0.29, 0.717) is 22.6 Å². The van der Waals surface area contributed by atoms with Crippen LogP contribution in [0, 0.1) is 0 Å². The summed E-state index contributed by atoms with van der Waals surface area (Å²) in [6.07, 6.45) is 0. The number of benzene rings is 2. The zero-order valence-electron chi connectivity index (χ0n) is 17.4. The Morgan fingerprint density at radius 3 is 1.53 bits per heavy atom. The normalized spacial score (nSPS) is 13.4. The first-order valence-corrected chi connectivity index (χ1v) is 12.8. The Morgan fingerprint density at radius 2 is 1.16 bits per heavy atom. The Bertz CT molecular complexity index is 1000. The lowest BCUT2D eigenvalue weighted by molar-refractivity contribution is 0.0872. The van der Waals surface area contributed by atoms with Crippen LogP contribution in [0.25, 0.3) is 11.1 Å². The van der Waals surface area contributed by atoms with Crippen LogP contribution in [-0.2, 0) is 22.7 Å². The molecule has 0 saturated carbocycles. The molecule has 0 aromatic heterocycles. The van der Waals surface area contributed by atoms with Crippen LogP contribution in [0.4, 0.5) is 9.59 Å². The van der Waals surface area contributed by atoms with E-state index >= 15 is 0 Å². The summed E-state index contributed by atoms with van der Waals surface area (Å²) in [6, 6.07) is 6.72. The van der Waals surface area contributed by atoms with Gasteiger partial charge in [0, 0.05) is 33.4 Å². The van der Waals surface area contributed by atoms with Crippen molar-refractivity contribution in [2.24, 2.45) is 0 Å². The van der Waals surface area contributed by atoms with Crippen LogP contribution in [0.15, 0.2) is 24.3 Å². The van der Waals surface area contributed by atoms with E-state index in [1.54, 1.807) is 37.6 Å². The molecule has 4 rings (SSSR count). The fraction of sp³-hybridized carbons (Fsp3) is 0.273. The van der Waals surface area contributed by atoms with Crippen molar-refractivity contribution in [1.29, 1.82) is 0 Å². The highest BCUT2D eigenvalue weighted by molar-refractivity contribution is 7.56. The van der Waals surface area contributed by atoms with Crippen molar-refractivity contribution < 1.29 is 38.1 Å². The minimum Gasteiger partial charge on any atom is -0.488 e. The maximum atomic E-state index is 12.5. The Morgan fingerprint density at radius 1 is 0.750 bits per heavy atom. The van der Waals surface area contributed by atoms with Crippen molar-refractivity contribution >= 4 is 40.1 Å². The molecule has 0 N–H and O–H groups in total. The van der Waals surface area contributed by atoms with E-state index in [2.05, 4.69) is 0 Å². The van der Waals surface area contributed by atoms with Gasteiger partial charge in [-0.3, -0.25) is 9.59 Å². The molecule has 2 aliphatic rings. The molecule has 0 amide bonds. The molecule has 2 heterocycles. The average Bonchev–Trinajstić information content (AvgIpc) is 2.83. The van der Waals surface area contributed by atoms with Gasteiger partial charge >= 0.3 is 11.4 Å². The molecule has 2 aromatic rings. The molecular formula is C22H20O8P2. The zero-order chi connectivity index (χ0) is 22.8. The van der Waals surface area contributed by atoms with Crippen LogP contribution in [0.5, 0.6) is 11.5 Å². The van der Waals surface area contributed by atoms with Gasteiger partial charge in [-0.2, -0.15) is 0 Å². The second kappa shape index (κ2) is 9.35. The fourth-order valence-corrected chi connectivity index (χ4v) is 4.01. The first kappa shape index (κ1) is 22.4. The summed E-state index contributed by atoms with van der Waals surface area (Å²) in [6.45, 7) is 3.11. The van der Waals surface area contributed by atoms with Crippen molar-refractivity contribution in [3.63, 3.8) is 0 Å². The quantitative estimate of drug-likeness (QED) is 0.410. The minimum absolute atomic E-state index is 0.0323. The van der Waals surface area contributed by atoms with Gasteiger partial charge in [0.15, 0.2) is 24.8 Å². The number of Topliss-reactive ketones (excluding diaryl/α,β-unsaturated/α-hetero) is 2. The van der Waals surface area contributed by atoms with E-state index in [4.69, 9.17) is 18.9 Å². The van der Waals surface area contributed by atoms with Gasteiger partial charge in [-0.15, -0.1) is 0 Å². The summed E-state index contributed by atoms with van der Waals surface area (Å²) in [7, 11) is -0.0645. The summed E-state index contributed by atoms with van der Waals surface area (Å²) in [5.74, 6) is 0.449. The molecule has 0 saturated heterocycles. The second-order valence-electron chi connectivity index (χ2n) is 7.09. The van der Waals surface area contributed by atoms with Crippen molar-refractivity contribution in [1.82, 2.24) is 0 Å². The van der Waals surface area contributed by atoms with Crippen LogP contribution in [0.2, 0.25) is 0 Å². The second-order valence-corrected chi connectivity index (χ2v) is 8.91. The van der Waals surface area contributed by atoms with E-state index in [0.717, 1.165) is 22.3 Å². The maximum absolute atomic E-state index is 12.5. The van der Waals surface area contributed by atoms with Crippen molar-refractivity contribution in [3.05, 3.63) is 46.5 Å². The van der Waals surface area contributed by atoms with Gasteiger partial charge in [-0.05, 0) is 54.8 Å². The number of hydrogen-bond donors (Lipinski definition) is 0. The highest BCUT2D eigenvalue weighted by Gasteiger charge is 2.31. The Balaban J connectivity index is 1.63. The van der Waals surface area contributed by atoms with Crippen molar-refractivity contribution in [2.75, 3.05) is 26.5 Å². The van der Waals surface area contributed by atoms with Crippen LogP contribution in [0.1, 0.15) is 31.8 Å². The van der Waals surface area contributed by atoms with Gasteiger partial charge in [-0.25, -0.2) is 9.59 Å². The van der Waals surface area contributed by atoms with Crippen molar-refractivity contribution in [2.45, 2.75) is 13.2 Å². The zero-order valence-corrected chi connectivity index (χ0v) is 19.4. The molecular weight excluding hydrogens is 454 g/mol. The molecule has 10 heteroatoms. The molecule has 2 unspecified atom stereocenters. The third-order valence-electron chi connectivity index (χ3n) is 5.10. The lowest BCUT2D eigenvalue weighted by Gasteiger charge is -2.30. The van der Waals surface area contributed by atoms with Gasteiger partial charge in [-0.1, -0.05) is 0 Å². The topological polar surface area (TPSA) is 105 Å². The monoisotopic (exact) mass is 474 g/mol. The predicted molar refractivity (Wildman–Crippen MR) is 120 cm³/mol. The number of carbonyl (C=O) groups is 4. The molecule has 32 heavy (non-hydrogen) atoms. The molecule has 0 aliphatic carbocycles. The predicted octanol–water partition coefficient (Wildman–Crippen LogP) is 4.39. The number of ether oxygens (including phenoxy) is 4. The van der Waals surface area contributed by atoms with Crippen LogP contribution < -0.4 is 9.47 Å². The van der Waals surface area contributed by atoms with Gasteiger partial charge < -0.3 is 18.9 Å². The smallest absolute Gasteiger partial charge is 0.323 e. The van der Waals surface area contributed by atoms with E-state index < -0.39 is 11.4 Å². The number of rotatable bonds is 8. The average molecular weight is 474 g/mol. The summed E-state index contributed by atoms with van der Waals surface area (Å²) in [4.78, 5) is 47.7.